The van der Waals surface area contributed by atoms with Gasteiger partial charge in [0, 0.05) is 23.9 Å². The molecule has 0 aliphatic carbocycles. The fraction of sp³-hybridized carbons (Fsp3) is 0.250. The third kappa shape index (κ3) is 3.86. The number of fused-ring (bicyclic) bond motifs is 2. The summed E-state index contributed by atoms with van der Waals surface area (Å²) in [7, 11) is 0. The minimum atomic E-state index is -0.0546. The first-order valence-electron chi connectivity index (χ1n) is 10.3. The monoisotopic (exact) mass is 416 g/mol. The Labute approximate surface area is 180 Å². The van der Waals surface area contributed by atoms with Crippen LogP contribution < -0.4 is 19.5 Å². The minimum absolute atomic E-state index is 0.0546. The SMILES string of the molecule is CC(C)(C)c1ccccc1Oc1ncccc1Nc1nc2cc3c(cc2[nH]1)OCCO3. The van der Waals surface area contributed by atoms with Crippen molar-refractivity contribution in [1.82, 2.24) is 15.0 Å². The molecule has 1 aliphatic heterocycles. The third-order valence-corrected chi connectivity index (χ3v) is 5.07. The van der Waals surface area contributed by atoms with E-state index in [2.05, 4.69) is 47.1 Å². The van der Waals surface area contributed by atoms with Crippen LogP contribution in [0.2, 0.25) is 0 Å². The summed E-state index contributed by atoms with van der Waals surface area (Å²) in [5.74, 6) is 3.27. The summed E-state index contributed by atoms with van der Waals surface area (Å²) >= 11 is 0. The Morgan fingerprint density at radius 3 is 2.58 bits per heavy atom. The van der Waals surface area contributed by atoms with E-state index in [0.717, 1.165) is 28.1 Å². The van der Waals surface area contributed by atoms with Crippen LogP contribution in [0.3, 0.4) is 0 Å². The highest BCUT2D eigenvalue weighted by Crippen LogP contribution is 2.37. The van der Waals surface area contributed by atoms with Gasteiger partial charge in [0.1, 0.15) is 24.7 Å². The number of aromatic amines is 1. The number of anilines is 2. The number of rotatable bonds is 4. The molecule has 7 nitrogen and oxygen atoms in total. The second-order valence-corrected chi connectivity index (χ2v) is 8.43. The van der Waals surface area contributed by atoms with Crippen molar-refractivity contribution in [1.29, 1.82) is 0 Å². The van der Waals surface area contributed by atoms with Gasteiger partial charge in [0.15, 0.2) is 11.5 Å². The molecule has 4 aromatic rings. The van der Waals surface area contributed by atoms with Crippen LogP contribution >= 0.6 is 0 Å². The number of pyridine rings is 1. The van der Waals surface area contributed by atoms with Crippen LogP contribution in [0.25, 0.3) is 11.0 Å². The van der Waals surface area contributed by atoms with Crippen LogP contribution in [0.5, 0.6) is 23.1 Å². The number of para-hydroxylation sites is 1. The number of hydrogen-bond acceptors (Lipinski definition) is 6. The first kappa shape index (κ1) is 19.2. The Kier molecular flexibility index (Phi) is 4.66. The van der Waals surface area contributed by atoms with Crippen molar-refractivity contribution in [2.75, 3.05) is 18.5 Å². The maximum Gasteiger partial charge on any atom is 0.243 e. The summed E-state index contributed by atoms with van der Waals surface area (Å²) in [6.45, 7) is 7.57. The maximum atomic E-state index is 6.24. The first-order valence-corrected chi connectivity index (χ1v) is 10.3. The molecule has 2 aromatic carbocycles. The fourth-order valence-electron chi connectivity index (χ4n) is 3.58. The van der Waals surface area contributed by atoms with E-state index in [-0.39, 0.29) is 5.41 Å². The van der Waals surface area contributed by atoms with Crippen molar-refractivity contribution in [3.05, 3.63) is 60.3 Å². The largest absolute Gasteiger partial charge is 0.486 e. The van der Waals surface area contributed by atoms with Gasteiger partial charge in [-0.25, -0.2) is 9.97 Å². The van der Waals surface area contributed by atoms with E-state index < -0.39 is 0 Å². The van der Waals surface area contributed by atoms with Crippen molar-refractivity contribution in [2.24, 2.45) is 0 Å². The highest BCUT2D eigenvalue weighted by molar-refractivity contribution is 5.82. The van der Waals surface area contributed by atoms with Crippen molar-refractivity contribution < 1.29 is 14.2 Å². The summed E-state index contributed by atoms with van der Waals surface area (Å²) < 4.78 is 17.6. The zero-order valence-corrected chi connectivity index (χ0v) is 17.7. The molecule has 2 aromatic heterocycles. The number of nitrogens with one attached hydrogen (secondary N) is 2. The summed E-state index contributed by atoms with van der Waals surface area (Å²) in [6, 6.07) is 15.6. The Morgan fingerprint density at radius 1 is 1.00 bits per heavy atom. The smallest absolute Gasteiger partial charge is 0.243 e. The quantitative estimate of drug-likeness (QED) is 0.453. The topological polar surface area (TPSA) is 81.3 Å². The van der Waals surface area contributed by atoms with Crippen LogP contribution in [0, 0.1) is 0 Å². The van der Waals surface area contributed by atoms with Crippen LogP contribution in [0.1, 0.15) is 26.3 Å². The van der Waals surface area contributed by atoms with Gasteiger partial charge in [-0.2, -0.15) is 0 Å². The van der Waals surface area contributed by atoms with Crippen molar-refractivity contribution in [3.8, 4) is 23.1 Å². The van der Waals surface area contributed by atoms with Gasteiger partial charge in [0.25, 0.3) is 0 Å². The third-order valence-electron chi connectivity index (χ3n) is 5.07. The van der Waals surface area contributed by atoms with Gasteiger partial charge < -0.3 is 24.5 Å². The standard InChI is InChI=1S/C24H24N4O3/c1-24(2,3)15-7-4-5-9-19(15)31-22-16(8-6-10-25-22)26-23-27-17-13-20-21(14-18(17)28-23)30-12-11-29-20/h4-10,13-14H,11-12H2,1-3H3,(H2,26,27,28). The summed E-state index contributed by atoms with van der Waals surface area (Å²) in [6.07, 6.45) is 1.71. The van der Waals surface area contributed by atoms with Crippen LogP contribution in [0.4, 0.5) is 11.6 Å². The average molecular weight is 416 g/mol. The summed E-state index contributed by atoms with van der Waals surface area (Å²) in [5, 5.41) is 3.30. The number of benzene rings is 2. The zero-order valence-electron chi connectivity index (χ0n) is 17.7. The number of nitrogens with zero attached hydrogens (tertiary/aromatic N) is 2. The van der Waals surface area contributed by atoms with Crippen LogP contribution in [-0.4, -0.2) is 28.2 Å². The first-order chi connectivity index (χ1) is 15.0. The molecule has 2 N–H and O–H groups in total. The number of ether oxygens (including phenoxy) is 3. The zero-order chi connectivity index (χ0) is 21.4. The number of H-pyrrole nitrogens is 1. The molecule has 0 saturated heterocycles. The van der Waals surface area contributed by atoms with Gasteiger partial charge in [0.05, 0.1) is 11.0 Å². The van der Waals surface area contributed by atoms with E-state index in [1.54, 1.807) is 6.20 Å². The van der Waals surface area contributed by atoms with E-state index in [0.29, 0.717) is 36.5 Å². The van der Waals surface area contributed by atoms with E-state index in [1.165, 1.54) is 0 Å². The molecule has 0 amide bonds. The highest BCUT2D eigenvalue weighted by atomic mass is 16.6. The van der Waals surface area contributed by atoms with Gasteiger partial charge in [0.2, 0.25) is 11.8 Å². The van der Waals surface area contributed by atoms with E-state index in [9.17, 15) is 0 Å². The van der Waals surface area contributed by atoms with E-state index in [1.807, 2.05) is 42.5 Å². The number of aromatic nitrogens is 3. The molecule has 0 bridgehead atoms. The molecule has 7 heteroatoms. The molecule has 0 unspecified atom stereocenters. The van der Waals surface area contributed by atoms with E-state index in [4.69, 9.17) is 14.2 Å². The molecule has 0 saturated carbocycles. The number of hydrogen-bond donors (Lipinski definition) is 2. The van der Waals surface area contributed by atoms with E-state index >= 15 is 0 Å². The predicted molar refractivity (Wildman–Crippen MR) is 120 cm³/mol. The maximum absolute atomic E-state index is 6.24. The fourth-order valence-corrected chi connectivity index (χ4v) is 3.58. The van der Waals surface area contributed by atoms with Crippen LogP contribution in [-0.2, 0) is 5.41 Å². The summed E-state index contributed by atoms with van der Waals surface area (Å²) in [5.41, 5.74) is 3.41. The molecule has 0 atom stereocenters. The lowest BCUT2D eigenvalue weighted by Crippen LogP contribution is -2.15. The molecular weight excluding hydrogens is 392 g/mol. The Bertz CT molecular complexity index is 1200. The lowest BCUT2D eigenvalue weighted by atomic mass is 9.86. The molecule has 158 valence electrons. The Hall–Kier alpha value is -3.74. The van der Waals surface area contributed by atoms with Gasteiger partial charge in [-0.1, -0.05) is 39.0 Å². The Morgan fingerprint density at radius 2 is 1.77 bits per heavy atom. The molecule has 5 rings (SSSR count). The molecule has 0 spiro atoms. The lowest BCUT2D eigenvalue weighted by molar-refractivity contribution is 0.172. The van der Waals surface area contributed by atoms with Crippen molar-refractivity contribution >= 4 is 22.7 Å². The van der Waals surface area contributed by atoms with Gasteiger partial charge in [-0.3, -0.25) is 0 Å². The second kappa shape index (κ2) is 7.50. The highest BCUT2D eigenvalue weighted by Gasteiger charge is 2.20. The van der Waals surface area contributed by atoms with Crippen molar-refractivity contribution in [3.63, 3.8) is 0 Å². The summed E-state index contributed by atoms with van der Waals surface area (Å²) in [4.78, 5) is 12.4. The molecule has 1 aliphatic rings. The second-order valence-electron chi connectivity index (χ2n) is 8.43. The van der Waals surface area contributed by atoms with Crippen LogP contribution in [0.15, 0.2) is 54.7 Å². The minimum Gasteiger partial charge on any atom is -0.486 e. The van der Waals surface area contributed by atoms with Gasteiger partial charge >= 0.3 is 0 Å². The predicted octanol–water partition coefficient (Wildman–Crippen LogP) is 5.56. The van der Waals surface area contributed by atoms with Gasteiger partial charge in [-0.05, 0) is 23.6 Å². The molecule has 0 radical (unpaired) electrons. The average Bonchev–Trinajstić information content (AvgIpc) is 3.14. The molecular formula is C24H24N4O3. The molecule has 3 heterocycles. The molecule has 0 fully saturated rings. The molecule has 31 heavy (non-hydrogen) atoms. The normalized spacial score (nSPS) is 13.3. The Balaban J connectivity index is 1.45. The lowest BCUT2D eigenvalue weighted by Gasteiger charge is -2.22. The van der Waals surface area contributed by atoms with Gasteiger partial charge in [-0.15, -0.1) is 0 Å². The number of imidazole rings is 1. The van der Waals surface area contributed by atoms with Crippen molar-refractivity contribution in [2.45, 2.75) is 26.2 Å².